The van der Waals surface area contributed by atoms with Gasteiger partial charge in [-0.1, -0.05) is 12.1 Å². The van der Waals surface area contributed by atoms with Crippen LogP contribution >= 0.6 is 0 Å². The summed E-state index contributed by atoms with van der Waals surface area (Å²) in [4.78, 5) is 25.2. The number of carbonyl (C=O) groups excluding carboxylic acids is 1. The van der Waals surface area contributed by atoms with Gasteiger partial charge in [0.2, 0.25) is 6.79 Å². The second-order valence-corrected chi connectivity index (χ2v) is 6.71. The topological polar surface area (TPSA) is 79.8 Å². The van der Waals surface area contributed by atoms with Gasteiger partial charge in [0.25, 0.3) is 5.91 Å². The summed E-state index contributed by atoms with van der Waals surface area (Å²) < 4.78 is 10.8. The van der Waals surface area contributed by atoms with Crippen molar-refractivity contribution < 1.29 is 14.3 Å². The zero-order chi connectivity index (χ0) is 19.3. The maximum atomic E-state index is 12.8. The highest BCUT2D eigenvalue weighted by atomic mass is 16.7. The minimum Gasteiger partial charge on any atom is -0.454 e. The lowest BCUT2D eigenvalue weighted by Gasteiger charge is -2.34. The molecule has 3 heterocycles. The molecule has 4 rings (SSSR count). The van der Waals surface area contributed by atoms with Gasteiger partial charge in [0, 0.05) is 45.3 Å². The van der Waals surface area contributed by atoms with Crippen molar-refractivity contribution in [2.75, 3.05) is 44.8 Å². The fraction of sp³-hybridized carbons (Fsp3) is 0.350. The highest BCUT2D eigenvalue weighted by Crippen LogP contribution is 2.32. The molecule has 1 saturated heterocycles. The van der Waals surface area contributed by atoms with E-state index in [2.05, 4.69) is 32.8 Å². The summed E-state index contributed by atoms with van der Waals surface area (Å²) in [5, 5.41) is 3.08. The monoisotopic (exact) mass is 381 g/mol. The first-order valence-electron chi connectivity index (χ1n) is 9.30. The Balaban J connectivity index is 1.32. The van der Waals surface area contributed by atoms with E-state index in [-0.39, 0.29) is 12.7 Å². The maximum absolute atomic E-state index is 12.8. The molecule has 0 unspecified atom stereocenters. The molecule has 2 aliphatic heterocycles. The van der Waals surface area contributed by atoms with E-state index < -0.39 is 0 Å². The van der Waals surface area contributed by atoms with E-state index >= 15 is 0 Å². The first-order valence-corrected chi connectivity index (χ1v) is 9.30. The van der Waals surface area contributed by atoms with Crippen molar-refractivity contribution in [3.63, 3.8) is 0 Å². The molecule has 0 aliphatic carbocycles. The lowest BCUT2D eigenvalue weighted by molar-refractivity contribution is 0.0622. The van der Waals surface area contributed by atoms with Crippen LogP contribution in [0.1, 0.15) is 16.1 Å². The van der Waals surface area contributed by atoms with Crippen molar-refractivity contribution in [1.29, 1.82) is 0 Å². The molecule has 2 aliphatic rings. The van der Waals surface area contributed by atoms with Gasteiger partial charge in [-0.05, 0) is 17.7 Å². The van der Waals surface area contributed by atoms with E-state index in [9.17, 15) is 4.79 Å². The first-order chi connectivity index (χ1) is 13.7. The Bertz CT molecular complexity index is 865. The van der Waals surface area contributed by atoms with Gasteiger partial charge in [-0.3, -0.25) is 9.69 Å². The largest absolute Gasteiger partial charge is 0.454 e. The Hall–Kier alpha value is -3.13. The predicted octanol–water partition coefficient (Wildman–Crippen LogP) is 1.76. The third kappa shape index (κ3) is 4.07. The van der Waals surface area contributed by atoms with Crippen molar-refractivity contribution in [2.45, 2.75) is 6.54 Å². The molecule has 1 N–H and O–H groups in total. The molecule has 1 fully saturated rings. The zero-order valence-corrected chi connectivity index (χ0v) is 15.6. The number of anilines is 1. The normalized spacial score (nSPS) is 16.1. The summed E-state index contributed by atoms with van der Waals surface area (Å²) in [5.41, 5.74) is 1.59. The van der Waals surface area contributed by atoms with E-state index in [4.69, 9.17) is 9.47 Å². The van der Waals surface area contributed by atoms with Crippen LogP contribution in [0.3, 0.4) is 0 Å². The number of nitrogens with zero attached hydrogens (tertiary/aromatic N) is 4. The lowest BCUT2D eigenvalue weighted by atomic mass is 10.1. The lowest BCUT2D eigenvalue weighted by Crippen LogP contribution is -2.48. The van der Waals surface area contributed by atoms with Crippen LogP contribution in [0, 0.1) is 0 Å². The van der Waals surface area contributed by atoms with E-state index in [1.165, 1.54) is 11.9 Å². The van der Waals surface area contributed by atoms with Gasteiger partial charge < -0.3 is 19.7 Å². The molecule has 28 heavy (non-hydrogen) atoms. The summed E-state index contributed by atoms with van der Waals surface area (Å²) >= 11 is 0. The number of piperazine rings is 1. The molecule has 0 bridgehead atoms. The van der Waals surface area contributed by atoms with Crippen molar-refractivity contribution in [3.05, 3.63) is 54.5 Å². The minimum absolute atomic E-state index is 0.0632. The number of hydrogen-bond donors (Lipinski definition) is 1. The second kappa shape index (κ2) is 8.26. The molecule has 1 aromatic heterocycles. The van der Waals surface area contributed by atoms with E-state index in [0.717, 1.165) is 31.1 Å². The molecule has 8 heteroatoms. The number of amides is 1. The number of carbonyl (C=O) groups is 1. The number of hydrogen-bond acceptors (Lipinski definition) is 7. The van der Waals surface area contributed by atoms with Crippen molar-refractivity contribution in [1.82, 2.24) is 19.8 Å². The fourth-order valence-corrected chi connectivity index (χ4v) is 3.32. The zero-order valence-electron chi connectivity index (χ0n) is 15.6. The Morgan fingerprint density at radius 1 is 1.14 bits per heavy atom. The number of aromatic nitrogens is 2. The van der Waals surface area contributed by atoms with Crippen LogP contribution in [0.5, 0.6) is 11.5 Å². The summed E-state index contributed by atoms with van der Waals surface area (Å²) in [6.07, 6.45) is 3.15. The van der Waals surface area contributed by atoms with Gasteiger partial charge >= 0.3 is 0 Å². The van der Waals surface area contributed by atoms with Gasteiger partial charge in [0.05, 0.1) is 0 Å². The van der Waals surface area contributed by atoms with Crippen LogP contribution in [0.4, 0.5) is 5.82 Å². The SMILES string of the molecule is C=CCNc1cc(C(=O)N2CCN(Cc3ccc4c(c3)OCO4)CC2)ncn1. The van der Waals surface area contributed by atoms with Crippen LogP contribution in [0.15, 0.2) is 43.2 Å². The van der Waals surface area contributed by atoms with Crippen molar-refractivity contribution in [2.24, 2.45) is 0 Å². The third-order valence-electron chi connectivity index (χ3n) is 4.82. The molecule has 2 aromatic rings. The molecule has 1 amide bonds. The first kappa shape index (κ1) is 18.2. The highest BCUT2D eigenvalue weighted by Gasteiger charge is 2.24. The number of nitrogens with one attached hydrogen (secondary N) is 1. The second-order valence-electron chi connectivity index (χ2n) is 6.71. The molecule has 0 spiro atoms. The molecule has 0 radical (unpaired) electrons. The predicted molar refractivity (Wildman–Crippen MR) is 104 cm³/mol. The Labute approximate surface area is 163 Å². The quantitative estimate of drug-likeness (QED) is 0.764. The number of fused-ring (bicyclic) bond motifs is 1. The Morgan fingerprint density at radius 3 is 2.79 bits per heavy atom. The fourth-order valence-electron chi connectivity index (χ4n) is 3.32. The maximum Gasteiger partial charge on any atom is 0.272 e. The summed E-state index contributed by atoms with van der Waals surface area (Å²) in [6.45, 7) is 8.32. The molecule has 146 valence electrons. The summed E-state index contributed by atoms with van der Waals surface area (Å²) in [6, 6.07) is 7.72. The standard InChI is InChI=1S/C20H23N5O3/c1-2-5-21-19-11-16(22-13-23-19)20(26)25-8-6-24(7-9-25)12-15-3-4-17-18(10-15)28-14-27-17/h2-4,10-11,13H,1,5-9,12,14H2,(H,21,22,23). The van der Waals surface area contributed by atoms with Crippen molar-refractivity contribution >= 4 is 11.7 Å². The summed E-state index contributed by atoms with van der Waals surface area (Å²) in [5.74, 6) is 2.16. The third-order valence-corrected chi connectivity index (χ3v) is 4.82. The van der Waals surface area contributed by atoms with Crippen LogP contribution in [-0.4, -0.2) is 65.2 Å². The molecular weight excluding hydrogens is 358 g/mol. The molecule has 0 atom stereocenters. The minimum atomic E-state index is -0.0632. The van der Waals surface area contributed by atoms with Crippen molar-refractivity contribution in [3.8, 4) is 11.5 Å². The average Bonchev–Trinajstić information content (AvgIpc) is 3.20. The van der Waals surface area contributed by atoms with E-state index in [1.807, 2.05) is 17.0 Å². The van der Waals surface area contributed by atoms with Crippen LogP contribution in [0.25, 0.3) is 0 Å². The number of ether oxygens (including phenoxy) is 2. The molecule has 1 aromatic carbocycles. The highest BCUT2D eigenvalue weighted by molar-refractivity contribution is 5.93. The smallest absolute Gasteiger partial charge is 0.272 e. The van der Waals surface area contributed by atoms with Gasteiger partial charge in [-0.15, -0.1) is 6.58 Å². The van der Waals surface area contributed by atoms with Gasteiger partial charge in [0.1, 0.15) is 17.8 Å². The van der Waals surface area contributed by atoms with Gasteiger partial charge in [-0.25, -0.2) is 9.97 Å². The number of rotatable bonds is 6. The molecular formula is C20H23N5O3. The van der Waals surface area contributed by atoms with Crippen LogP contribution < -0.4 is 14.8 Å². The number of benzene rings is 1. The van der Waals surface area contributed by atoms with Gasteiger partial charge in [-0.2, -0.15) is 0 Å². The Morgan fingerprint density at radius 2 is 1.96 bits per heavy atom. The van der Waals surface area contributed by atoms with Crippen LogP contribution in [0.2, 0.25) is 0 Å². The Kier molecular flexibility index (Phi) is 5.38. The molecule has 0 saturated carbocycles. The summed E-state index contributed by atoms with van der Waals surface area (Å²) in [7, 11) is 0. The van der Waals surface area contributed by atoms with E-state index in [0.29, 0.717) is 31.1 Å². The van der Waals surface area contributed by atoms with Crippen LogP contribution in [-0.2, 0) is 6.54 Å². The molecule has 8 nitrogen and oxygen atoms in total. The average molecular weight is 381 g/mol. The van der Waals surface area contributed by atoms with Gasteiger partial charge in [0.15, 0.2) is 11.5 Å². The van der Waals surface area contributed by atoms with E-state index in [1.54, 1.807) is 12.1 Å².